The number of carbonyl (C=O) groups is 1. The summed E-state index contributed by atoms with van der Waals surface area (Å²) in [5.74, 6) is -0.0119. The van der Waals surface area contributed by atoms with Gasteiger partial charge in [-0.1, -0.05) is 60.1 Å². The number of rotatable bonds is 3. The molecule has 0 radical (unpaired) electrons. The third-order valence-corrected chi connectivity index (χ3v) is 5.37. The average Bonchev–Trinajstić information content (AvgIpc) is 2.64. The van der Waals surface area contributed by atoms with E-state index in [1.54, 1.807) is 18.2 Å². The molecule has 1 atom stereocenters. The lowest BCUT2D eigenvalue weighted by Crippen LogP contribution is -2.47. The molecule has 0 fully saturated rings. The van der Waals surface area contributed by atoms with Crippen molar-refractivity contribution in [2.75, 3.05) is 4.90 Å². The lowest BCUT2D eigenvalue weighted by atomic mass is 9.88. The topological polar surface area (TPSA) is 29.5 Å². The van der Waals surface area contributed by atoms with Gasteiger partial charge in [0.05, 0.1) is 11.3 Å². The first-order valence-corrected chi connectivity index (χ1v) is 9.87. The quantitative estimate of drug-likeness (QED) is 0.522. The molecule has 2 aromatic rings. The number of alkyl halides is 3. The van der Waals surface area contributed by atoms with Crippen LogP contribution in [-0.4, -0.2) is 12.1 Å². The number of hydrogen-bond donors (Lipinski definition) is 0. The Morgan fingerprint density at radius 2 is 1.93 bits per heavy atom. The molecule has 3 nitrogen and oxygen atoms in total. The van der Waals surface area contributed by atoms with Crippen molar-refractivity contribution in [2.45, 2.75) is 45.5 Å². The maximum atomic E-state index is 13.8. The fourth-order valence-corrected chi connectivity index (χ4v) is 4.10. The summed E-state index contributed by atoms with van der Waals surface area (Å²) in [5.41, 5.74) is 0.369. The number of anilines is 1. The van der Waals surface area contributed by atoms with E-state index < -0.39 is 17.8 Å². The number of carbonyl (C=O) groups excluding carboxylic acids is 1. The summed E-state index contributed by atoms with van der Waals surface area (Å²) in [6, 6.07) is 11.4. The van der Waals surface area contributed by atoms with Gasteiger partial charge in [0.2, 0.25) is 0 Å². The molecule has 3 rings (SSSR count). The van der Waals surface area contributed by atoms with E-state index >= 15 is 0 Å². The van der Waals surface area contributed by atoms with E-state index in [0.29, 0.717) is 22.9 Å². The summed E-state index contributed by atoms with van der Waals surface area (Å²) in [5, 5.41) is 0. The van der Waals surface area contributed by atoms with Crippen LogP contribution in [0.25, 0.3) is 0 Å². The number of amides is 1. The van der Waals surface area contributed by atoms with Crippen molar-refractivity contribution in [1.82, 2.24) is 0 Å². The summed E-state index contributed by atoms with van der Waals surface area (Å²) < 4.78 is 47.1. The summed E-state index contributed by atoms with van der Waals surface area (Å²) in [6.07, 6.45) is -4.27. The Bertz CT molecular complexity index is 853. The Morgan fingerprint density at radius 3 is 2.54 bits per heavy atom. The van der Waals surface area contributed by atoms with Crippen molar-refractivity contribution in [3.8, 4) is 0 Å². The molecule has 0 saturated carbocycles. The minimum Gasteiger partial charge on any atom is -0.444 e. The first-order valence-electron chi connectivity index (χ1n) is 9.08. The highest BCUT2D eigenvalue weighted by molar-refractivity contribution is 9.10. The lowest BCUT2D eigenvalue weighted by molar-refractivity contribution is -0.137. The Labute approximate surface area is 170 Å². The minimum atomic E-state index is -4.58. The normalized spacial score (nSPS) is 16.8. The zero-order valence-corrected chi connectivity index (χ0v) is 17.2. The van der Waals surface area contributed by atoms with Crippen molar-refractivity contribution in [1.29, 1.82) is 0 Å². The van der Waals surface area contributed by atoms with Crippen LogP contribution in [0.5, 0.6) is 0 Å². The van der Waals surface area contributed by atoms with Crippen molar-refractivity contribution in [3.05, 3.63) is 63.6 Å². The molecule has 1 amide bonds. The number of aryl methyl sites for hydroxylation is 1. The molecule has 28 heavy (non-hydrogen) atoms. The van der Waals surface area contributed by atoms with Gasteiger partial charge in [-0.2, -0.15) is 13.2 Å². The number of fused-ring (bicyclic) bond motifs is 1. The molecule has 0 spiro atoms. The van der Waals surface area contributed by atoms with Crippen LogP contribution in [0.4, 0.5) is 23.7 Å². The standard InChI is InChI=1S/C21H21BrF3NO2/c1-13(2)18-9-8-15-10-16(22)11-17(21(23,24)25)19(15)26(18)20(27)28-12-14-6-4-3-5-7-14/h3-7,10-11,13,18H,8-9,12H2,1-2H3. The van der Waals surface area contributed by atoms with Crippen LogP contribution >= 0.6 is 15.9 Å². The van der Waals surface area contributed by atoms with Crippen LogP contribution in [0.1, 0.15) is 37.0 Å². The average molecular weight is 456 g/mol. The van der Waals surface area contributed by atoms with Gasteiger partial charge in [0, 0.05) is 10.5 Å². The second-order valence-electron chi connectivity index (χ2n) is 7.22. The van der Waals surface area contributed by atoms with Gasteiger partial charge in [0.25, 0.3) is 0 Å². The zero-order chi connectivity index (χ0) is 20.5. The fraction of sp³-hybridized carbons (Fsp3) is 0.381. The number of nitrogens with zero attached hydrogens (tertiary/aromatic N) is 1. The number of hydrogen-bond acceptors (Lipinski definition) is 2. The first kappa shape index (κ1) is 20.7. The van der Waals surface area contributed by atoms with Crippen LogP contribution < -0.4 is 4.90 Å². The summed E-state index contributed by atoms with van der Waals surface area (Å²) >= 11 is 3.16. The highest BCUT2D eigenvalue weighted by atomic mass is 79.9. The van der Waals surface area contributed by atoms with Gasteiger partial charge in [0.15, 0.2) is 0 Å². The van der Waals surface area contributed by atoms with E-state index in [1.165, 1.54) is 4.90 Å². The highest BCUT2D eigenvalue weighted by Gasteiger charge is 2.42. The SMILES string of the molecule is CC(C)C1CCc2cc(Br)cc(C(F)(F)F)c2N1C(=O)OCc1ccccc1. The fourth-order valence-electron chi connectivity index (χ4n) is 3.59. The molecule has 1 aliphatic heterocycles. The molecule has 7 heteroatoms. The van der Waals surface area contributed by atoms with Crippen molar-refractivity contribution >= 4 is 27.7 Å². The Morgan fingerprint density at radius 1 is 1.25 bits per heavy atom. The minimum absolute atomic E-state index is 0.00814. The molecule has 1 heterocycles. The predicted octanol–water partition coefficient (Wildman–Crippen LogP) is 6.58. The van der Waals surface area contributed by atoms with Crippen LogP contribution in [0.15, 0.2) is 46.9 Å². The molecule has 1 unspecified atom stereocenters. The summed E-state index contributed by atoms with van der Waals surface area (Å²) in [7, 11) is 0. The number of ether oxygens (including phenoxy) is 1. The third-order valence-electron chi connectivity index (χ3n) is 4.91. The zero-order valence-electron chi connectivity index (χ0n) is 15.6. The second kappa shape index (κ2) is 8.15. The molecule has 1 aliphatic rings. The largest absolute Gasteiger partial charge is 0.444 e. The summed E-state index contributed by atoms with van der Waals surface area (Å²) in [4.78, 5) is 14.1. The maximum absolute atomic E-state index is 13.8. The molecule has 0 aromatic heterocycles. The molecule has 0 aliphatic carbocycles. The predicted molar refractivity (Wildman–Crippen MR) is 105 cm³/mol. The van der Waals surface area contributed by atoms with Crippen LogP contribution in [-0.2, 0) is 23.9 Å². The van der Waals surface area contributed by atoms with Gasteiger partial charge < -0.3 is 4.74 Å². The molecule has 0 bridgehead atoms. The molecule has 0 N–H and O–H groups in total. The van der Waals surface area contributed by atoms with E-state index in [-0.39, 0.29) is 24.3 Å². The Balaban J connectivity index is 2.01. The van der Waals surface area contributed by atoms with Gasteiger partial charge in [-0.05, 0) is 42.0 Å². The van der Waals surface area contributed by atoms with Gasteiger partial charge >= 0.3 is 12.3 Å². The highest BCUT2D eigenvalue weighted by Crippen LogP contribution is 2.45. The monoisotopic (exact) mass is 455 g/mol. The van der Waals surface area contributed by atoms with Crippen LogP contribution in [0, 0.1) is 5.92 Å². The van der Waals surface area contributed by atoms with Gasteiger partial charge in [0.1, 0.15) is 6.61 Å². The molecule has 2 aromatic carbocycles. The third kappa shape index (κ3) is 4.35. The lowest BCUT2D eigenvalue weighted by Gasteiger charge is -2.40. The Kier molecular flexibility index (Phi) is 6.03. The molecular formula is C21H21BrF3NO2. The van der Waals surface area contributed by atoms with Crippen LogP contribution in [0.2, 0.25) is 0 Å². The van der Waals surface area contributed by atoms with Crippen molar-refractivity contribution in [3.63, 3.8) is 0 Å². The second-order valence-corrected chi connectivity index (χ2v) is 8.13. The van der Waals surface area contributed by atoms with E-state index in [9.17, 15) is 18.0 Å². The van der Waals surface area contributed by atoms with E-state index in [4.69, 9.17) is 4.74 Å². The van der Waals surface area contributed by atoms with E-state index in [0.717, 1.165) is 11.6 Å². The van der Waals surface area contributed by atoms with Crippen molar-refractivity contribution < 1.29 is 22.7 Å². The molecule has 0 saturated heterocycles. The Hall–Kier alpha value is -2.02. The van der Waals surface area contributed by atoms with Gasteiger partial charge in [-0.15, -0.1) is 0 Å². The number of halogens is 4. The smallest absolute Gasteiger partial charge is 0.418 e. The van der Waals surface area contributed by atoms with E-state index in [2.05, 4.69) is 15.9 Å². The molecular weight excluding hydrogens is 435 g/mol. The van der Waals surface area contributed by atoms with Gasteiger partial charge in [-0.25, -0.2) is 4.79 Å². The summed E-state index contributed by atoms with van der Waals surface area (Å²) in [6.45, 7) is 3.81. The van der Waals surface area contributed by atoms with E-state index in [1.807, 2.05) is 32.0 Å². The van der Waals surface area contributed by atoms with Crippen molar-refractivity contribution in [2.24, 2.45) is 5.92 Å². The van der Waals surface area contributed by atoms with Gasteiger partial charge in [-0.3, -0.25) is 4.90 Å². The maximum Gasteiger partial charge on any atom is 0.418 e. The molecule has 150 valence electrons. The number of benzene rings is 2. The first-order chi connectivity index (χ1) is 13.2. The van der Waals surface area contributed by atoms with Crippen LogP contribution in [0.3, 0.4) is 0 Å².